The number of amides is 2. The van der Waals surface area contributed by atoms with Crippen molar-refractivity contribution in [1.82, 2.24) is 14.3 Å². The summed E-state index contributed by atoms with van der Waals surface area (Å²) in [4.78, 5) is 31.1. The van der Waals surface area contributed by atoms with E-state index in [4.69, 9.17) is 0 Å². The van der Waals surface area contributed by atoms with E-state index in [1.807, 2.05) is 28.9 Å². The van der Waals surface area contributed by atoms with Crippen molar-refractivity contribution in [3.8, 4) is 0 Å². The van der Waals surface area contributed by atoms with Crippen LogP contribution in [0.4, 0.5) is 5.69 Å². The normalized spacial score (nSPS) is 15.7. The van der Waals surface area contributed by atoms with E-state index in [2.05, 4.69) is 11.6 Å². The maximum atomic E-state index is 12.2. The summed E-state index contributed by atoms with van der Waals surface area (Å²) >= 11 is 0. The molecule has 0 saturated carbocycles. The highest BCUT2D eigenvalue weighted by Gasteiger charge is 2.27. The van der Waals surface area contributed by atoms with Crippen molar-refractivity contribution < 1.29 is 9.59 Å². The minimum absolute atomic E-state index is 0.0878. The second-order valence-corrected chi connectivity index (χ2v) is 4.59. The molecule has 3 rings (SSSR count). The van der Waals surface area contributed by atoms with Gasteiger partial charge in [-0.05, 0) is 12.1 Å². The number of hydrogen-bond acceptors (Lipinski definition) is 3. The lowest BCUT2D eigenvalue weighted by molar-refractivity contribution is -0.133. The molecule has 0 atom stereocenters. The first-order valence-electron chi connectivity index (χ1n) is 6.33. The number of fused-ring (bicyclic) bond motifs is 1. The molecular weight excluding hydrogens is 256 g/mol. The quantitative estimate of drug-likeness (QED) is 0.755. The average molecular weight is 270 g/mol. The third kappa shape index (κ3) is 2.05. The zero-order valence-corrected chi connectivity index (χ0v) is 10.9. The van der Waals surface area contributed by atoms with Gasteiger partial charge in [0, 0.05) is 43.4 Å². The maximum absolute atomic E-state index is 12.2. The van der Waals surface area contributed by atoms with Gasteiger partial charge in [0.25, 0.3) is 0 Å². The number of aromatic nitrogens is 2. The van der Waals surface area contributed by atoms with Crippen LogP contribution in [0.15, 0.2) is 43.4 Å². The Balaban J connectivity index is 1.83. The second kappa shape index (κ2) is 4.80. The fraction of sp³-hybridized carbons (Fsp3) is 0.214. The van der Waals surface area contributed by atoms with Gasteiger partial charge in [-0.25, -0.2) is 4.98 Å². The van der Waals surface area contributed by atoms with Gasteiger partial charge in [-0.15, -0.1) is 0 Å². The van der Waals surface area contributed by atoms with Crippen LogP contribution in [0.1, 0.15) is 0 Å². The van der Waals surface area contributed by atoms with Crippen molar-refractivity contribution in [3.05, 3.63) is 43.4 Å². The Morgan fingerprint density at radius 3 is 2.95 bits per heavy atom. The molecule has 1 aliphatic heterocycles. The number of carbonyl (C=O) groups is 2. The monoisotopic (exact) mass is 270 g/mol. The van der Waals surface area contributed by atoms with Crippen molar-refractivity contribution >= 4 is 23.1 Å². The number of nitrogens with zero attached hydrogens (tertiary/aromatic N) is 4. The Labute approximate surface area is 115 Å². The van der Waals surface area contributed by atoms with Gasteiger partial charge in [0.05, 0.1) is 0 Å². The van der Waals surface area contributed by atoms with Gasteiger partial charge < -0.3 is 14.2 Å². The van der Waals surface area contributed by atoms with Crippen molar-refractivity contribution in [2.75, 3.05) is 24.5 Å². The number of piperazine rings is 1. The molecule has 102 valence electrons. The number of hydrogen-bond donors (Lipinski definition) is 0. The molecule has 20 heavy (non-hydrogen) atoms. The van der Waals surface area contributed by atoms with E-state index in [-0.39, 0.29) is 18.4 Å². The van der Waals surface area contributed by atoms with Gasteiger partial charge in [-0.1, -0.05) is 6.58 Å². The average Bonchev–Trinajstić information content (AvgIpc) is 2.93. The SMILES string of the molecule is C=CC(=O)N1CCN(c2ccn3ccnc3c2)C(=O)C1. The summed E-state index contributed by atoms with van der Waals surface area (Å²) in [5, 5.41) is 0. The molecule has 0 spiro atoms. The molecular formula is C14H14N4O2. The van der Waals surface area contributed by atoms with Crippen molar-refractivity contribution in [1.29, 1.82) is 0 Å². The van der Waals surface area contributed by atoms with Crippen molar-refractivity contribution in [2.45, 2.75) is 0 Å². The first-order chi connectivity index (χ1) is 9.69. The summed E-state index contributed by atoms with van der Waals surface area (Å²) in [6.07, 6.45) is 6.66. The molecule has 2 aromatic rings. The van der Waals surface area contributed by atoms with E-state index in [1.165, 1.54) is 11.0 Å². The van der Waals surface area contributed by atoms with Crippen molar-refractivity contribution in [2.24, 2.45) is 0 Å². The number of rotatable bonds is 2. The van der Waals surface area contributed by atoms with Crippen LogP contribution in [0.2, 0.25) is 0 Å². The number of pyridine rings is 1. The van der Waals surface area contributed by atoms with Crippen LogP contribution in [-0.4, -0.2) is 45.7 Å². The van der Waals surface area contributed by atoms with Crippen molar-refractivity contribution in [3.63, 3.8) is 0 Å². The maximum Gasteiger partial charge on any atom is 0.246 e. The highest BCUT2D eigenvalue weighted by Crippen LogP contribution is 2.19. The fourth-order valence-electron chi connectivity index (χ4n) is 2.33. The smallest absolute Gasteiger partial charge is 0.246 e. The lowest BCUT2D eigenvalue weighted by atomic mass is 10.2. The molecule has 0 radical (unpaired) electrons. The van der Waals surface area contributed by atoms with Crippen LogP contribution in [0.5, 0.6) is 0 Å². The van der Waals surface area contributed by atoms with E-state index in [9.17, 15) is 9.59 Å². The Hall–Kier alpha value is -2.63. The highest BCUT2D eigenvalue weighted by atomic mass is 16.2. The molecule has 0 aliphatic carbocycles. The first-order valence-corrected chi connectivity index (χ1v) is 6.33. The Morgan fingerprint density at radius 1 is 1.35 bits per heavy atom. The molecule has 0 N–H and O–H groups in total. The van der Waals surface area contributed by atoms with Gasteiger partial charge >= 0.3 is 0 Å². The molecule has 0 aromatic carbocycles. The minimum Gasteiger partial charge on any atom is -0.328 e. The third-order valence-electron chi connectivity index (χ3n) is 3.40. The van der Waals surface area contributed by atoms with E-state index in [1.54, 1.807) is 11.1 Å². The molecule has 1 fully saturated rings. The molecule has 6 nitrogen and oxygen atoms in total. The molecule has 3 heterocycles. The van der Waals surface area contributed by atoms with Gasteiger partial charge in [-0.2, -0.15) is 0 Å². The Morgan fingerprint density at radius 2 is 2.20 bits per heavy atom. The predicted molar refractivity (Wildman–Crippen MR) is 74.3 cm³/mol. The van der Waals surface area contributed by atoms with Gasteiger partial charge in [0.15, 0.2) is 0 Å². The highest BCUT2D eigenvalue weighted by molar-refractivity contribution is 5.99. The first kappa shape index (κ1) is 12.4. The topological polar surface area (TPSA) is 57.9 Å². The van der Waals surface area contributed by atoms with E-state index in [0.29, 0.717) is 13.1 Å². The van der Waals surface area contributed by atoms with Crippen LogP contribution in [-0.2, 0) is 9.59 Å². The predicted octanol–water partition coefficient (Wildman–Crippen LogP) is 0.695. The number of carbonyl (C=O) groups excluding carboxylic acids is 2. The van der Waals surface area contributed by atoms with Crippen LogP contribution in [0, 0.1) is 0 Å². The summed E-state index contributed by atoms with van der Waals surface area (Å²) < 4.78 is 1.88. The summed E-state index contributed by atoms with van der Waals surface area (Å²) in [5.74, 6) is -0.302. The molecule has 0 unspecified atom stereocenters. The fourth-order valence-corrected chi connectivity index (χ4v) is 2.33. The van der Waals surface area contributed by atoms with E-state index < -0.39 is 0 Å². The zero-order valence-electron chi connectivity index (χ0n) is 10.9. The van der Waals surface area contributed by atoms with Crippen LogP contribution in [0.3, 0.4) is 0 Å². The van der Waals surface area contributed by atoms with Crippen LogP contribution in [0.25, 0.3) is 5.65 Å². The third-order valence-corrected chi connectivity index (χ3v) is 3.40. The van der Waals surface area contributed by atoms with Gasteiger partial charge in [-0.3, -0.25) is 9.59 Å². The minimum atomic E-state index is -0.207. The molecule has 1 saturated heterocycles. The summed E-state index contributed by atoms with van der Waals surface area (Å²) in [6.45, 7) is 4.52. The zero-order chi connectivity index (χ0) is 14.1. The van der Waals surface area contributed by atoms with Crippen LogP contribution < -0.4 is 4.90 Å². The number of anilines is 1. The summed E-state index contributed by atoms with van der Waals surface area (Å²) in [7, 11) is 0. The lowest BCUT2D eigenvalue weighted by Crippen LogP contribution is -2.52. The van der Waals surface area contributed by atoms with Crippen LogP contribution >= 0.6 is 0 Å². The summed E-state index contributed by atoms with van der Waals surface area (Å²) in [6, 6.07) is 3.74. The molecule has 2 aromatic heterocycles. The van der Waals surface area contributed by atoms with Gasteiger partial charge in [0.1, 0.15) is 12.2 Å². The Bertz CT molecular complexity index is 691. The van der Waals surface area contributed by atoms with E-state index >= 15 is 0 Å². The summed E-state index contributed by atoms with van der Waals surface area (Å²) in [5.41, 5.74) is 1.60. The molecule has 2 amide bonds. The van der Waals surface area contributed by atoms with Gasteiger partial charge in [0.2, 0.25) is 11.8 Å². The number of imidazole rings is 1. The molecule has 0 bridgehead atoms. The van der Waals surface area contributed by atoms with E-state index in [0.717, 1.165) is 11.3 Å². The largest absolute Gasteiger partial charge is 0.328 e. The molecule has 1 aliphatic rings. The second-order valence-electron chi connectivity index (χ2n) is 4.59. The Kier molecular flexibility index (Phi) is 2.98. The lowest BCUT2D eigenvalue weighted by Gasteiger charge is -2.33. The molecule has 6 heteroatoms. The standard InChI is InChI=1S/C14H14N4O2/c1-2-13(19)17-7-8-18(14(20)10-17)11-3-5-16-6-4-15-12(16)9-11/h2-6,9H,1,7-8,10H2.